The lowest BCUT2D eigenvalue weighted by molar-refractivity contribution is -0.136. The van der Waals surface area contributed by atoms with E-state index >= 15 is 0 Å². The molecule has 3 nitrogen and oxygen atoms in total. The minimum absolute atomic E-state index is 0.0778. The molecule has 1 N–H and O–H groups in total. The van der Waals surface area contributed by atoms with Crippen LogP contribution in [0, 0.1) is 0 Å². The van der Waals surface area contributed by atoms with Crippen LogP contribution in [0.25, 0.3) is 11.1 Å². The molecule has 0 aliphatic heterocycles. The van der Waals surface area contributed by atoms with Crippen LogP contribution in [0.15, 0.2) is 36.7 Å². The highest BCUT2D eigenvalue weighted by Gasteiger charge is 2.08. The lowest BCUT2D eigenvalue weighted by Gasteiger charge is -2.07. The number of halogens is 2. The minimum atomic E-state index is -0.828. The molecular weight excluding hydrogens is 285 g/mol. The monoisotopic (exact) mass is 295 g/mol. The Morgan fingerprint density at radius 2 is 2.05 bits per heavy atom. The molecule has 0 aliphatic carbocycles. The van der Waals surface area contributed by atoms with E-state index in [1.54, 1.807) is 18.5 Å². The van der Waals surface area contributed by atoms with Gasteiger partial charge in [-0.25, -0.2) is 0 Å². The summed E-state index contributed by atoms with van der Waals surface area (Å²) >= 11 is 12.1. The van der Waals surface area contributed by atoms with Crippen LogP contribution in [0.2, 0.25) is 10.0 Å². The zero-order chi connectivity index (χ0) is 13.8. The van der Waals surface area contributed by atoms with Crippen molar-refractivity contribution in [2.24, 2.45) is 0 Å². The molecule has 0 radical (unpaired) electrons. The number of hydrogen-bond acceptors (Lipinski definition) is 2. The number of carboxylic acid groups (broad SMARTS) is 1. The summed E-state index contributed by atoms with van der Waals surface area (Å²) in [7, 11) is 0. The number of pyridine rings is 1. The second-order valence-electron chi connectivity index (χ2n) is 4.08. The van der Waals surface area contributed by atoms with Gasteiger partial charge in [-0.15, -0.1) is 0 Å². The second-order valence-corrected chi connectivity index (χ2v) is 4.86. The number of aliphatic carboxylic acids is 1. The van der Waals surface area contributed by atoms with Gasteiger partial charge in [0.1, 0.15) is 0 Å². The maximum Gasteiger partial charge on any atom is 0.303 e. The van der Waals surface area contributed by atoms with Crippen molar-refractivity contribution in [3.05, 3.63) is 52.3 Å². The van der Waals surface area contributed by atoms with E-state index in [4.69, 9.17) is 28.3 Å². The van der Waals surface area contributed by atoms with Crippen LogP contribution in [0.3, 0.4) is 0 Å². The zero-order valence-corrected chi connectivity index (χ0v) is 11.4. The van der Waals surface area contributed by atoms with E-state index in [0.717, 1.165) is 16.7 Å². The average Bonchev–Trinajstić information content (AvgIpc) is 2.40. The van der Waals surface area contributed by atoms with Gasteiger partial charge in [0.05, 0.1) is 10.0 Å². The van der Waals surface area contributed by atoms with Gasteiger partial charge in [0.15, 0.2) is 0 Å². The Hall–Kier alpha value is -1.58. The molecule has 0 bridgehead atoms. The summed E-state index contributed by atoms with van der Waals surface area (Å²) in [6.07, 6.45) is 3.86. The van der Waals surface area contributed by atoms with E-state index < -0.39 is 5.97 Å². The Bertz CT molecular complexity index is 614. The molecule has 0 aliphatic rings. The molecule has 2 aromatic rings. The van der Waals surface area contributed by atoms with E-state index in [0.29, 0.717) is 16.5 Å². The fraction of sp³-hybridized carbons (Fsp3) is 0.143. The first kappa shape index (κ1) is 13.8. The Morgan fingerprint density at radius 3 is 2.79 bits per heavy atom. The lowest BCUT2D eigenvalue weighted by atomic mass is 10.0. The molecule has 1 aromatic carbocycles. The highest BCUT2D eigenvalue weighted by Crippen LogP contribution is 2.33. The molecule has 0 unspecified atom stereocenters. The normalized spacial score (nSPS) is 10.4. The first-order chi connectivity index (χ1) is 9.08. The van der Waals surface area contributed by atoms with Crippen molar-refractivity contribution in [3.8, 4) is 11.1 Å². The third-order valence-corrected chi connectivity index (χ3v) is 3.50. The van der Waals surface area contributed by atoms with Crippen LogP contribution < -0.4 is 0 Å². The van der Waals surface area contributed by atoms with Crippen LogP contribution in [-0.4, -0.2) is 16.1 Å². The van der Waals surface area contributed by atoms with Gasteiger partial charge < -0.3 is 5.11 Å². The van der Waals surface area contributed by atoms with E-state index in [1.165, 1.54) is 0 Å². The molecular formula is C14H11Cl2NO2. The number of carboxylic acids is 1. The van der Waals surface area contributed by atoms with E-state index in [9.17, 15) is 4.79 Å². The number of carbonyl (C=O) groups is 1. The Labute approximate surface area is 120 Å². The maximum atomic E-state index is 10.6. The molecule has 5 heteroatoms. The SMILES string of the molecule is O=C(O)CCc1cncc(-c2cccc(Cl)c2Cl)c1. The predicted octanol–water partition coefficient (Wildman–Crippen LogP) is 4.07. The molecule has 0 saturated heterocycles. The van der Waals surface area contributed by atoms with Crippen molar-refractivity contribution in [1.29, 1.82) is 0 Å². The van der Waals surface area contributed by atoms with Gasteiger partial charge in [0, 0.05) is 29.9 Å². The largest absolute Gasteiger partial charge is 0.481 e. The minimum Gasteiger partial charge on any atom is -0.481 e. The van der Waals surface area contributed by atoms with E-state index in [-0.39, 0.29) is 6.42 Å². The number of benzene rings is 1. The molecule has 0 fully saturated rings. The first-order valence-corrected chi connectivity index (χ1v) is 6.43. The third-order valence-electron chi connectivity index (χ3n) is 2.69. The number of aromatic nitrogens is 1. The first-order valence-electron chi connectivity index (χ1n) is 5.68. The Morgan fingerprint density at radius 1 is 1.26 bits per heavy atom. The summed E-state index contributed by atoms with van der Waals surface area (Å²) in [5.41, 5.74) is 2.48. The molecule has 2 rings (SSSR count). The van der Waals surface area contributed by atoms with Crippen LogP contribution in [0.5, 0.6) is 0 Å². The smallest absolute Gasteiger partial charge is 0.303 e. The van der Waals surface area contributed by atoms with Crippen molar-refractivity contribution in [2.45, 2.75) is 12.8 Å². The quantitative estimate of drug-likeness (QED) is 0.925. The lowest BCUT2D eigenvalue weighted by Crippen LogP contribution is -1.98. The van der Waals surface area contributed by atoms with Crippen molar-refractivity contribution >= 4 is 29.2 Å². The maximum absolute atomic E-state index is 10.6. The van der Waals surface area contributed by atoms with Crippen molar-refractivity contribution in [2.75, 3.05) is 0 Å². The topological polar surface area (TPSA) is 50.2 Å². The number of rotatable bonds is 4. The zero-order valence-electron chi connectivity index (χ0n) is 9.94. The fourth-order valence-corrected chi connectivity index (χ4v) is 2.16. The number of nitrogens with zero attached hydrogens (tertiary/aromatic N) is 1. The van der Waals surface area contributed by atoms with E-state index in [2.05, 4.69) is 4.98 Å². The summed E-state index contributed by atoms with van der Waals surface area (Å²) in [4.78, 5) is 14.7. The second kappa shape index (κ2) is 6.04. The van der Waals surface area contributed by atoms with Gasteiger partial charge in [-0.05, 0) is 24.1 Å². The summed E-state index contributed by atoms with van der Waals surface area (Å²) in [5, 5.41) is 9.64. The molecule has 1 heterocycles. The fourth-order valence-electron chi connectivity index (χ4n) is 1.75. The molecule has 1 aromatic heterocycles. The third kappa shape index (κ3) is 3.46. The average molecular weight is 296 g/mol. The molecule has 0 spiro atoms. The van der Waals surface area contributed by atoms with E-state index in [1.807, 2.05) is 18.2 Å². The Balaban J connectivity index is 2.32. The molecule has 0 atom stereocenters. The van der Waals surface area contributed by atoms with Gasteiger partial charge in [-0.2, -0.15) is 0 Å². The van der Waals surface area contributed by atoms with Gasteiger partial charge in [0.2, 0.25) is 0 Å². The van der Waals surface area contributed by atoms with Crippen LogP contribution >= 0.6 is 23.2 Å². The summed E-state index contributed by atoms with van der Waals surface area (Å²) in [6.45, 7) is 0. The van der Waals surface area contributed by atoms with Crippen molar-refractivity contribution in [1.82, 2.24) is 4.98 Å². The number of aryl methyl sites for hydroxylation is 1. The molecule has 19 heavy (non-hydrogen) atoms. The summed E-state index contributed by atoms with van der Waals surface area (Å²) in [6, 6.07) is 7.27. The molecule has 98 valence electrons. The highest BCUT2D eigenvalue weighted by atomic mass is 35.5. The van der Waals surface area contributed by atoms with Crippen molar-refractivity contribution < 1.29 is 9.90 Å². The van der Waals surface area contributed by atoms with Crippen LogP contribution in [-0.2, 0) is 11.2 Å². The summed E-state index contributed by atoms with van der Waals surface area (Å²) < 4.78 is 0. The molecule has 0 saturated carbocycles. The van der Waals surface area contributed by atoms with Gasteiger partial charge in [-0.3, -0.25) is 9.78 Å². The van der Waals surface area contributed by atoms with Gasteiger partial charge in [0.25, 0.3) is 0 Å². The standard InChI is InChI=1S/C14H11Cl2NO2/c15-12-3-1-2-11(14(12)16)10-6-9(7-17-8-10)4-5-13(18)19/h1-3,6-8H,4-5H2,(H,18,19). The van der Waals surface area contributed by atoms with Crippen molar-refractivity contribution in [3.63, 3.8) is 0 Å². The highest BCUT2D eigenvalue weighted by molar-refractivity contribution is 6.43. The number of hydrogen-bond donors (Lipinski definition) is 1. The van der Waals surface area contributed by atoms with Gasteiger partial charge in [-0.1, -0.05) is 35.3 Å². The predicted molar refractivity (Wildman–Crippen MR) is 75.6 cm³/mol. The summed E-state index contributed by atoms with van der Waals surface area (Å²) in [5.74, 6) is -0.828. The van der Waals surface area contributed by atoms with Gasteiger partial charge >= 0.3 is 5.97 Å². The van der Waals surface area contributed by atoms with Crippen LogP contribution in [0.1, 0.15) is 12.0 Å². The van der Waals surface area contributed by atoms with Crippen LogP contribution in [0.4, 0.5) is 0 Å². The molecule has 0 amide bonds. The Kier molecular flexibility index (Phi) is 4.40.